The molecule has 0 N–H and O–H groups in total. The fourth-order valence-corrected chi connectivity index (χ4v) is 8.77. The molecular formula is C57H35N5. The van der Waals surface area contributed by atoms with Gasteiger partial charge in [0.25, 0.3) is 0 Å². The summed E-state index contributed by atoms with van der Waals surface area (Å²) in [6.07, 6.45) is 0. The molecule has 0 fully saturated rings. The highest BCUT2D eigenvalue weighted by Crippen LogP contribution is 2.46. The fraction of sp³-hybridized carbons (Fsp3) is 0. The average Bonchev–Trinajstić information content (AvgIpc) is 3.41. The summed E-state index contributed by atoms with van der Waals surface area (Å²) in [5.41, 5.74) is 1.78. The van der Waals surface area contributed by atoms with E-state index in [9.17, 15) is 5.48 Å². The number of nitrogens with zero attached hydrogens (tertiary/aromatic N) is 5. The molecule has 0 spiro atoms. The maximum atomic E-state index is 9.35. The number of hydrogen-bond acceptors (Lipinski definition) is 3. The van der Waals surface area contributed by atoms with Gasteiger partial charge in [0.15, 0.2) is 11.6 Å². The molecule has 0 bridgehead atoms. The quantitative estimate of drug-likeness (QED) is 0.157. The molecule has 0 aliphatic heterocycles. The Morgan fingerprint density at radius 2 is 0.855 bits per heavy atom. The van der Waals surface area contributed by atoms with Crippen molar-refractivity contribution in [3.63, 3.8) is 0 Å². The molecule has 0 atom stereocenters. The molecule has 0 aliphatic rings. The molecule has 0 unspecified atom stereocenters. The van der Waals surface area contributed by atoms with Gasteiger partial charge in [-0.25, -0.2) is 4.98 Å². The van der Waals surface area contributed by atoms with Gasteiger partial charge < -0.3 is 4.57 Å². The Kier molecular flexibility index (Phi) is 4.53. The van der Waals surface area contributed by atoms with Crippen LogP contribution in [0.5, 0.6) is 0 Å². The molecule has 0 saturated carbocycles. The van der Waals surface area contributed by atoms with Crippen molar-refractivity contribution in [2.24, 2.45) is 0 Å². The van der Waals surface area contributed by atoms with Crippen LogP contribution in [-0.2, 0) is 0 Å². The van der Waals surface area contributed by atoms with Crippen LogP contribution in [0.25, 0.3) is 122 Å². The molecule has 10 aromatic carbocycles. The van der Waals surface area contributed by atoms with Gasteiger partial charge >= 0.3 is 0 Å². The van der Waals surface area contributed by atoms with Crippen LogP contribution in [0.15, 0.2) is 212 Å². The molecule has 5 heteroatoms. The molecule has 0 aliphatic carbocycles. The molecule has 0 amide bonds. The molecule has 0 saturated heterocycles. The van der Waals surface area contributed by atoms with Crippen molar-refractivity contribution in [1.29, 1.82) is 0 Å². The third-order valence-corrected chi connectivity index (χ3v) is 11.3. The first-order chi connectivity index (χ1) is 38.7. The van der Waals surface area contributed by atoms with Gasteiger partial charge in [-0.1, -0.05) is 169 Å². The summed E-state index contributed by atoms with van der Waals surface area (Å²) >= 11 is 0. The van der Waals surface area contributed by atoms with Gasteiger partial charge in [0.05, 0.1) is 48.1 Å². The average molecular weight is 809 g/mol. The molecule has 13 rings (SSSR count). The zero-order chi connectivity index (χ0) is 57.3. The lowest BCUT2D eigenvalue weighted by atomic mass is 9.91. The van der Waals surface area contributed by atoms with Crippen LogP contribution in [0.2, 0.25) is 0 Å². The first kappa shape index (κ1) is 20.7. The lowest BCUT2D eigenvalue weighted by molar-refractivity contribution is 0.953. The number of rotatable bonds is 6. The van der Waals surface area contributed by atoms with Crippen LogP contribution < -0.4 is 0 Å². The second kappa shape index (κ2) is 13.6. The van der Waals surface area contributed by atoms with E-state index in [4.69, 9.17) is 30.5 Å². The van der Waals surface area contributed by atoms with E-state index >= 15 is 0 Å². The Bertz CT molecular complexity index is 4900. The van der Waals surface area contributed by atoms with Crippen molar-refractivity contribution < 1.29 is 26.0 Å². The van der Waals surface area contributed by atoms with Gasteiger partial charge in [-0.2, -0.15) is 9.97 Å². The maximum absolute atomic E-state index is 9.35. The Labute approximate surface area is 383 Å². The zero-order valence-electron chi connectivity index (χ0n) is 51.0. The van der Waals surface area contributed by atoms with Crippen molar-refractivity contribution in [1.82, 2.24) is 24.1 Å². The first-order valence-corrected chi connectivity index (χ1v) is 19.5. The van der Waals surface area contributed by atoms with E-state index in [1.807, 2.05) is 78.9 Å². The summed E-state index contributed by atoms with van der Waals surface area (Å²) in [7, 11) is 0. The molecule has 62 heavy (non-hydrogen) atoms. The number of aromatic nitrogens is 5. The third kappa shape index (κ3) is 5.18. The summed E-state index contributed by atoms with van der Waals surface area (Å²) in [5.74, 6) is -1.19. The van der Waals surface area contributed by atoms with Crippen LogP contribution in [0.4, 0.5) is 0 Å². The van der Waals surface area contributed by atoms with Crippen molar-refractivity contribution in [2.75, 3.05) is 0 Å². The minimum Gasteiger partial charge on any atom is -0.309 e. The van der Waals surface area contributed by atoms with Gasteiger partial charge in [0, 0.05) is 38.4 Å². The Morgan fingerprint density at radius 3 is 1.55 bits per heavy atom. The predicted molar refractivity (Wildman–Crippen MR) is 256 cm³/mol. The lowest BCUT2D eigenvalue weighted by Gasteiger charge is -2.12. The first-order valence-electron chi connectivity index (χ1n) is 29.0. The number of benzene rings is 10. The topological polar surface area (TPSA) is 48.5 Å². The Morgan fingerprint density at radius 1 is 0.339 bits per heavy atom. The standard InChI is InChI=1S/C57H35N5/c1-4-15-36(16-5-1)37-29-31-39(32-30-37)56-58-55(38-17-6-2-7-18-38)59-57(60-56)62-48-25-11-10-21-46(48)52-42(22-12-26-49(52)62)40-33-34-43-44-23-13-27-50-53(44)54-45(47(43)35-40)24-14-28-51(54)61(50)41-19-8-3-9-20-41/h1-35H/i1D,2D,3D,4D,5D,6D,7D,8D,9D,15D,16D,17D,18D,19D,20D,29D,30D,31D,32D. The fourth-order valence-electron chi connectivity index (χ4n) is 8.77. The maximum Gasteiger partial charge on any atom is 0.238 e. The predicted octanol–water partition coefficient (Wildman–Crippen LogP) is 14.5. The van der Waals surface area contributed by atoms with E-state index in [1.54, 1.807) is 21.3 Å². The van der Waals surface area contributed by atoms with Crippen molar-refractivity contribution in [3.05, 3.63) is 212 Å². The monoisotopic (exact) mass is 808 g/mol. The molecule has 288 valence electrons. The van der Waals surface area contributed by atoms with Crippen LogP contribution in [-0.4, -0.2) is 24.1 Å². The normalized spacial score (nSPS) is 16.2. The molecular weight excluding hydrogens is 755 g/mol. The highest BCUT2D eigenvalue weighted by Gasteiger charge is 2.22. The van der Waals surface area contributed by atoms with Crippen LogP contribution in [0.3, 0.4) is 0 Å². The minimum atomic E-state index is -0.793. The lowest BCUT2D eigenvalue weighted by Crippen LogP contribution is -2.06. The van der Waals surface area contributed by atoms with Gasteiger partial charge in [-0.15, -0.1) is 0 Å². The van der Waals surface area contributed by atoms with Crippen molar-refractivity contribution >= 4 is 65.2 Å². The molecule has 0 radical (unpaired) electrons. The smallest absolute Gasteiger partial charge is 0.238 e. The SMILES string of the molecule is [2H]c1c([2H])c([2H])c(-c2nc(-c3c([2H])c([2H])c(-c4c([2H])c([2H])c([2H])c([2H])c4[2H])c([2H])c3[2H])nc(-n3c4ccccc4c4c(-c5ccc6c(c5)c5cccc7c5c5c6cccc5n7-c5c([2H])c([2H])c([2H])c([2H])c5[2H])cccc43)n2)c([2H])c1[2H]. The second-order valence-electron chi connectivity index (χ2n) is 14.6. The van der Waals surface area contributed by atoms with Crippen molar-refractivity contribution in [3.8, 4) is 56.7 Å². The van der Waals surface area contributed by atoms with Gasteiger partial charge in [0.2, 0.25) is 5.95 Å². The third-order valence-electron chi connectivity index (χ3n) is 11.3. The van der Waals surface area contributed by atoms with E-state index in [0.717, 1.165) is 43.4 Å². The van der Waals surface area contributed by atoms with Crippen molar-refractivity contribution in [2.45, 2.75) is 0 Å². The Balaban J connectivity index is 1.07. The summed E-state index contributed by atoms with van der Waals surface area (Å²) in [6.45, 7) is 0. The van der Waals surface area contributed by atoms with Gasteiger partial charge in [-0.05, 0) is 86.2 Å². The van der Waals surface area contributed by atoms with E-state index in [0.29, 0.717) is 32.8 Å². The zero-order valence-corrected chi connectivity index (χ0v) is 32.0. The highest BCUT2D eigenvalue weighted by molar-refractivity contribution is 6.34. The van der Waals surface area contributed by atoms with E-state index in [2.05, 4.69) is 11.1 Å². The van der Waals surface area contributed by atoms with Gasteiger partial charge in [-0.3, -0.25) is 4.57 Å². The van der Waals surface area contributed by atoms with Crippen LogP contribution in [0, 0.1) is 0 Å². The van der Waals surface area contributed by atoms with Crippen LogP contribution in [0.1, 0.15) is 26.0 Å². The highest BCUT2D eigenvalue weighted by atomic mass is 15.2. The van der Waals surface area contributed by atoms with E-state index in [1.165, 1.54) is 0 Å². The summed E-state index contributed by atoms with van der Waals surface area (Å²) in [5, 5.41) is 6.58. The van der Waals surface area contributed by atoms with E-state index in [-0.39, 0.29) is 23.7 Å². The largest absolute Gasteiger partial charge is 0.309 e. The van der Waals surface area contributed by atoms with E-state index < -0.39 is 137 Å². The number of hydrogen-bond donors (Lipinski definition) is 0. The number of fused-ring (bicyclic) bond motifs is 6. The summed E-state index contributed by atoms with van der Waals surface area (Å²) in [6, 6.07) is 18.1. The molecule has 13 aromatic rings. The van der Waals surface area contributed by atoms with Crippen LogP contribution >= 0.6 is 0 Å². The molecule has 5 nitrogen and oxygen atoms in total. The minimum absolute atomic E-state index is 0.0309. The molecule has 3 heterocycles. The van der Waals surface area contributed by atoms with Gasteiger partial charge in [0.1, 0.15) is 0 Å². The second-order valence-corrected chi connectivity index (χ2v) is 14.6. The summed E-state index contributed by atoms with van der Waals surface area (Å²) in [4.78, 5) is 14.1. The molecule has 3 aromatic heterocycles. The Hall–Kier alpha value is -8.41. The summed E-state index contributed by atoms with van der Waals surface area (Å²) < 4.78 is 169. The number of para-hydroxylation sites is 2.